The molecule has 29 heavy (non-hydrogen) atoms. The molecular weight excluding hydrogens is 367 g/mol. The number of aliphatic imine (C=N–C) groups is 1. The molecule has 1 aromatic carbocycles. The second kappa shape index (κ2) is 9.11. The first-order valence-corrected chi connectivity index (χ1v) is 10.4. The summed E-state index contributed by atoms with van der Waals surface area (Å²) in [5.74, 6) is 1.42. The maximum atomic E-state index is 13.1. The molecule has 4 rings (SSSR count). The zero-order valence-electron chi connectivity index (χ0n) is 16.8. The van der Waals surface area contributed by atoms with Crippen LogP contribution in [0.1, 0.15) is 24.8 Å². The predicted molar refractivity (Wildman–Crippen MR) is 116 cm³/mol. The highest BCUT2D eigenvalue weighted by Gasteiger charge is 2.18. The van der Waals surface area contributed by atoms with Crippen LogP contribution in [0.3, 0.4) is 0 Å². The topological polar surface area (TPSA) is 61.0 Å². The summed E-state index contributed by atoms with van der Waals surface area (Å²) in [5.41, 5.74) is 8.34. The van der Waals surface area contributed by atoms with Crippen molar-refractivity contribution in [3.8, 4) is 0 Å². The molecule has 0 spiro atoms. The van der Waals surface area contributed by atoms with Gasteiger partial charge in [-0.3, -0.25) is 0 Å². The summed E-state index contributed by atoms with van der Waals surface area (Å²) in [6, 6.07) is 10.8. The van der Waals surface area contributed by atoms with Gasteiger partial charge in [0.05, 0.1) is 6.54 Å². The lowest BCUT2D eigenvalue weighted by molar-refractivity contribution is 0.380. The molecule has 2 N–H and O–H groups in total. The lowest BCUT2D eigenvalue weighted by Gasteiger charge is -2.36. The molecule has 0 radical (unpaired) electrons. The van der Waals surface area contributed by atoms with Gasteiger partial charge in [-0.15, -0.1) is 0 Å². The van der Waals surface area contributed by atoms with Gasteiger partial charge in [0.25, 0.3) is 0 Å². The summed E-state index contributed by atoms with van der Waals surface area (Å²) >= 11 is 0. The van der Waals surface area contributed by atoms with Crippen LogP contribution in [0.4, 0.5) is 15.9 Å². The summed E-state index contributed by atoms with van der Waals surface area (Å²) in [6.07, 6.45) is 5.73. The van der Waals surface area contributed by atoms with Crippen LogP contribution >= 0.6 is 0 Å². The fraction of sp³-hybridized carbons (Fsp3) is 0.455. The number of piperazine rings is 1. The van der Waals surface area contributed by atoms with E-state index in [9.17, 15) is 4.39 Å². The number of halogens is 1. The van der Waals surface area contributed by atoms with Crippen molar-refractivity contribution in [2.75, 3.05) is 49.1 Å². The number of aromatic nitrogens is 1. The molecule has 2 aromatic rings. The van der Waals surface area contributed by atoms with Gasteiger partial charge in [0, 0.05) is 51.2 Å². The number of pyridine rings is 1. The molecule has 2 aliphatic rings. The SMILES string of the molecule is NC(=NCc1ccc(N2CCCCC2)nc1)N1CCN(c2ccc(F)cc2)CC1. The second-order valence-electron chi connectivity index (χ2n) is 7.70. The summed E-state index contributed by atoms with van der Waals surface area (Å²) in [6.45, 7) is 6.03. The smallest absolute Gasteiger partial charge is 0.191 e. The average Bonchev–Trinajstić information content (AvgIpc) is 2.79. The van der Waals surface area contributed by atoms with E-state index >= 15 is 0 Å². The Morgan fingerprint density at radius 2 is 1.62 bits per heavy atom. The predicted octanol–water partition coefficient (Wildman–Crippen LogP) is 2.85. The Bertz CT molecular complexity index is 806. The molecule has 2 aliphatic heterocycles. The van der Waals surface area contributed by atoms with Crippen molar-refractivity contribution in [2.45, 2.75) is 25.8 Å². The molecular formula is C22H29FN6. The first kappa shape index (κ1) is 19.5. The summed E-state index contributed by atoms with van der Waals surface area (Å²) < 4.78 is 13.1. The first-order chi connectivity index (χ1) is 14.2. The van der Waals surface area contributed by atoms with E-state index in [0.29, 0.717) is 12.5 Å². The Morgan fingerprint density at radius 1 is 0.897 bits per heavy atom. The molecule has 154 valence electrons. The van der Waals surface area contributed by atoms with Crippen molar-refractivity contribution < 1.29 is 4.39 Å². The number of nitrogens with zero attached hydrogens (tertiary/aromatic N) is 5. The highest BCUT2D eigenvalue weighted by atomic mass is 19.1. The van der Waals surface area contributed by atoms with Crippen molar-refractivity contribution in [3.05, 3.63) is 54.0 Å². The van der Waals surface area contributed by atoms with E-state index in [1.807, 2.05) is 18.3 Å². The van der Waals surface area contributed by atoms with Crippen LogP contribution in [0.2, 0.25) is 0 Å². The maximum Gasteiger partial charge on any atom is 0.191 e. The Labute approximate surface area is 171 Å². The fourth-order valence-corrected chi connectivity index (χ4v) is 3.94. The largest absolute Gasteiger partial charge is 0.370 e. The van der Waals surface area contributed by atoms with Gasteiger partial charge in [0.2, 0.25) is 0 Å². The van der Waals surface area contributed by atoms with Gasteiger partial charge in [-0.05, 0) is 55.2 Å². The van der Waals surface area contributed by atoms with Gasteiger partial charge in [0.15, 0.2) is 5.96 Å². The molecule has 0 aliphatic carbocycles. The minimum Gasteiger partial charge on any atom is -0.370 e. The van der Waals surface area contributed by atoms with Crippen LogP contribution in [0.5, 0.6) is 0 Å². The minimum absolute atomic E-state index is 0.206. The van der Waals surface area contributed by atoms with Crippen LogP contribution in [-0.4, -0.2) is 55.1 Å². The number of hydrogen-bond donors (Lipinski definition) is 1. The van der Waals surface area contributed by atoms with Gasteiger partial charge in [-0.25, -0.2) is 14.4 Å². The molecule has 0 atom stereocenters. The number of hydrogen-bond acceptors (Lipinski definition) is 4. The number of nitrogens with two attached hydrogens (primary N) is 1. The summed E-state index contributed by atoms with van der Waals surface area (Å²) in [7, 11) is 0. The third-order valence-electron chi connectivity index (χ3n) is 5.71. The minimum atomic E-state index is -0.206. The van der Waals surface area contributed by atoms with Gasteiger partial charge in [0.1, 0.15) is 11.6 Å². The molecule has 0 unspecified atom stereocenters. The number of anilines is 2. The summed E-state index contributed by atoms with van der Waals surface area (Å²) in [4.78, 5) is 15.9. The van der Waals surface area contributed by atoms with Crippen molar-refractivity contribution >= 4 is 17.5 Å². The van der Waals surface area contributed by atoms with Crippen molar-refractivity contribution in [1.82, 2.24) is 9.88 Å². The van der Waals surface area contributed by atoms with Gasteiger partial charge in [-0.2, -0.15) is 0 Å². The van der Waals surface area contributed by atoms with E-state index in [-0.39, 0.29) is 5.82 Å². The molecule has 0 bridgehead atoms. The first-order valence-electron chi connectivity index (χ1n) is 10.4. The van der Waals surface area contributed by atoms with E-state index in [2.05, 4.69) is 36.8 Å². The molecule has 0 amide bonds. The fourth-order valence-electron chi connectivity index (χ4n) is 3.94. The molecule has 3 heterocycles. The molecule has 6 nitrogen and oxygen atoms in total. The zero-order chi connectivity index (χ0) is 20.1. The van der Waals surface area contributed by atoms with E-state index < -0.39 is 0 Å². The van der Waals surface area contributed by atoms with Crippen molar-refractivity contribution in [2.24, 2.45) is 10.7 Å². The highest BCUT2D eigenvalue weighted by molar-refractivity contribution is 5.78. The lowest BCUT2D eigenvalue weighted by atomic mass is 10.1. The molecule has 2 saturated heterocycles. The normalized spacial score (nSPS) is 18.2. The molecule has 0 saturated carbocycles. The molecule has 1 aromatic heterocycles. The van der Waals surface area contributed by atoms with Crippen molar-refractivity contribution in [1.29, 1.82) is 0 Å². The number of guanidine groups is 1. The van der Waals surface area contributed by atoms with E-state index in [1.54, 1.807) is 0 Å². The third kappa shape index (κ3) is 4.96. The Balaban J connectivity index is 1.28. The molecule has 2 fully saturated rings. The quantitative estimate of drug-likeness (QED) is 0.636. The monoisotopic (exact) mass is 396 g/mol. The second-order valence-corrected chi connectivity index (χ2v) is 7.70. The number of benzene rings is 1. The Morgan fingerprint density at radius 3 is 2.28 bits per heavy atom. The van der Waals surface area contributed by atoms with Gasteiger partial charge >= 0.3 is 0 Å². The Kier molecular flexibility index (Phi) is 6.12. The zero-order valence-corrected chi connectivity index (χ0v) is 16.8. The van der Waals surface area contributed by atoms with Gasteiger partial charge in [-0.1, -0.05) is 6.07 Å². The third-order valence-corrected chi connectivity index (χ3v) is 5.71. The van der Waals surface area contributed by atoms with E-state index in [0.717, 1.165) is 56.3 Å². The summed E-state index contributed by atoms with van der Waals surface area (Å²) in [5, 5.41) is 0. The average molecular weight is 397 g/mol. The van der Waals surface area contributed by atoms with Crippen LogP contribution in [0.25, 0.3) is 0 Å². The van der Waals surface area contributed by atoms with E-state index in [1.165, 1.54) is 31.4 Å². The van der Waals surface area contributed by atoms with E-state index in [4.69, 9.17) is 5.73 Å². The maximum absolute atomic E-state index is 13.1. The lowest BCUT2D eigenvalue weighted by Crippen LogP contribution is -2.51. The highest BCUT2D eigenvalue weighted by Crippen LogP contribution is 2.18. The Hall–Kier alpha value is -2.83. The van der Waals surface area contributed by atoms with Crippen LogP contribution < -0.4 is 15.5 Å². The van der Waals surface area contributed by atoms with Crippen LogP contribution in [0, 0.1) is 5.82 Å². The van der Waals surface area contributed by atoms with Crippen LogP contribution in [0.15, 0.2) is 47.6 Å². The van der Waals surface area contributed by atoms with Crippen LogP contribution in [-0.2, 0) is 6.54 Å². The number of piperidine rings is 1. The number of rotatable bonds is 4. The molecule has 7 heteroatoms. The van der Waals surface area contributed by atoms with Gasteiger partial charge < -0.3 is 20.4 Å². The van der Waals surface area contributed by atoms with Crippen molar-refractivity contribution in [3.63, 3.8) is 0 Å². The standard InChI is InChI=1S/C22H29FN6/c23-19-5-7-20(8-6-19)27-12-14-29(15-13-27)22(24)26-17-18-4-9-21(25-16-18)28-10-2-1-3-11-28/h4-9,16H,1-3,10-15,17H2,(H2,24,26).